The third-order valence-electron chi connectivity index (χ3n) is 5.15. The summed E-state index contributed by atoms with van der Waals surface area (Å²) in [7, 11) is 0. The Labute approximate surface area is 141 Å². The van der Waals surface area contributed by atoms with Crippen molar-refractivity contribution in [1.29, 1.82) is 0 Å². The summed E-state index contributed by atoms with van der Waals surface area (Å²) in [5.74, 6) is -0.260. The van der Waals surface area contributed by atoms with Gasteiger partial charge in [0.2, 0.25) is 0 Å². The van der Waals surface area contributed by atoms with Crippen molar-refractivity contribution in [1.82, 2.24) is 10.2 Å². The molecule has 2 N–H and O–H groups in total. The molecule has 132 valence electrons. The highest BCUT2D eigenvalue weighted by Crippen LogP contribution is 2.34. The van der Waals surface area contributed by atoms with Gasteiger partial charge in [0.25, 0.3) is 0 Å². The first-order valence-electron chi connectivity index (χ1n) is 8.64. The van der Waals surface area contributed by atoms with Gasteiger partial charge in [-0.05, 0) is 43.4 Å². The van der Waals surface area contributed by atoms with Crippen LogP contribution in [0.4, 0.5) is 9.18 Å². The van der Waals surface area contributed by atoms with Gasteiger partial charge in [-0.2, -0.15) is 0 Å². The number of β-amino-alcohol motifs (C(OH)–C–C–N with tert-alkyl or cyclic N) is 1. The Kier molecular flexibility index (Phi) is 5.36. The normalized spacial score (nSPS) is 23.8. The lowest BCUT2D eigenvalue weighted by Crippen LogP contribution is -2.51. The number of aliphatic hydroxyl groups excluding tert-OH is 1. The molecule has 0 aromatic heterocycles. The summed E-state index contributed by atoms with van der Waals surface area (Å²) >= 11 is 0. The number of carbonyl (C=O) groups is 1. The standard InChI is InChI=1S/C18H25FN2O3/c19-15-4-1-3-14(11-15)18(6-9-24-10-7-18)13-20-17(23)21-8-2-5-16(22)12-21/h1,3-4,11,16,22H,2,5-10,12-13H2,(H,20,23). The first kappa shape index (κ1) is 17.2. The summed E-state index contributed by atoms with van der Waals surface area (Å²) in [6.45, 7) is 2.70. The maximum atomic E-state index is 13.7. The Morgan fingerprint density at radius 3 is 2.92 bits per heavy atom. The number of rotatable bonds is 3. The van der Waals surface area contributed by atoms with Crippen LogP contribution in [0.2, 0.25) is 0 Å². The first-order chi connectivity index (χ1) is 11.6. The number of nitrogens with one attached hydrogen (secondary N) is 1. The van der Waals surface area contributed by atoms with Crippen LogP contribution in [0.3, 0.4) is 0 Å². The molecule has 2 amide bonds. The van der Waals surface area contributed by atoms with Crippen molar-refractivity contribution in [3.63, 3.8) is 0 Å². The van der Waals surface area contributed by atoms with Gasteiger partial charge < -0.3 is 20.1 Å². The van der Waals surface area contributed by atoms with E-state index in [9.17, 15) is 14.3 Å². The number of carbonyl (C=O) groups excluding carboxylic acids is 1. The highest BCUT2D eigenvalue weighted by atomic mass is 19.1. The molecule has 24 heavy (non-hydrogen) atoms. The molecule has 0 bridgehead atoms. The van der Waals surface area contributed by atoms with Crippen LogP contribution in [0.25, 0.3) is 0 Å². The molecule has 1 atom stereocenters. The van der Waals surface area contributed by atoms with E-state index in [0.717, 1.165) is 31.2 Å². The molecule has 0 spiro atoms. The fraction of sp³-hybridized carbons (Fsp3) is 0.611. The zero-order valence-electron chi connectivity index (χ0n) is 13.8. The van der Waals surface area contributed by atoms with Crippen LogP contribution in [0.15, 0.2) is 24.3 Å². The van der Waals surface area contributed by atoms with E-state index >= 15 is 0 Å². The smallest absolute Gasteiger partial charge is 0.317 e. The zero-order chi connectivity index (χ0) is 17.0. The molecule has 0 radical (unpaired) electrons. The van der Waals surface area contributed by atoms with Crippen molar-refractivity contribution in [2.24, 2.45) is 0 Å². The lowest BCUT2D eigenvalue weighted by molar-refractivity contribution is 0.0486. The molecule has 6 heteroatoms. The molecule has 1 aromatic rings. The lowest BCUT2D eigenvalue weighted by Gasteiger charge is -2.39. The number of likely N-dealkylation sites (tertiary alicyclic amines) is 1. The van der Waals surface area contributed by atoms with Gasteiger partial charge in [0, 0.05) is 38.3 Å². The number of urea groups is 1. The van der Waals surface area contributed by atoms with Crippen LogP contribution >= 0.6 is 0 Å². The van der Waals surface area contributed by atoms with E-state index < -0.39 is 6.10 Å². The van der Waals surface area contributed by atoms with Crippen molar-refractivity contribution < 1.29 is 19.0 Å². The van der Waals surface area contributed by atoms with Gasteiger partial charge in [0.05, 0.1) is 6.10 Å². The molecular weight excluding hydrogens is 311 g/mol. The van der Waals surface area contributed by atoms with Crippen molar-refractivity contribution in [3.8, 4) is 0 Å². The van der Waals surface area contributed by atoms with Crippen molar-refractivity contribution in [3.05, 3.63) is 35.6 Å². The van der Waals surface area contributed by atoms with Crippen LogP contribution in [-0.4, -0.2) is 55.0 Å². The molecule has 0 saturated carbocycles. The largest absolute Gasteiger partial charge is 0.391 e. The van der Waals surface area contributed by atoms with E-state index in [4.69, 9.17) is 4.74 Å². The summed E-state index contributed by atoms with van der Waals surface area (Å²) in [6, 6.07) is 6.47. The summed E-state index contributed by atoms with van der Waals surface area (Å²) in [5.41, 5.74) is 0.606. The number of amides is 2. The average Bonchev–Trinajstić information content (AvgIpc) is 2.60. The van der Waals surface area contributed by atoms with Gasteiger partial charge in [-0.1, -0.05) is 12.1 Å². The Hall–Kier alpha value is -1.66. The van der Waals surface area contributed by atoms with E-state index in [1.54, 1.807) is 17.0 Å². The average molecular weight is 336 g/mol. The number of nitrogens with zero attached hydrogens (tertiary/aromatic N) is 1. The predicted molar refractivity (Wildman–Crippen MR) is 88.3 cm³/mol. The molecule has 3 rings (SSSR count). The minimum atomic E-state index is -0.440. The summed E-state index contributed by atoms with van der Waals surface area (Å²) in [5, 5.41) is 12.7. The van der Waals surface area contributed by atoms with Crippen LogP contribution in [0, 0.1) is 5.82 Å². The monoisotopic (exact) mass is 336 g/mol. The third kappa shape index (κ3) is 3.87. The topological polar surface area (TPSA) is 61.8 Å². The Bertz CT molecular complexity index is 575. The van der Waals surface area contributed by atoms with E-state index in [1.807, 2.05) is 6.07 Å². The molecular formula is C18H25FN2O3. The number of aliphatic hydroxyl groups is 1. The van der Waals surface area contributed by atoms with Gasteiger partial charge in [-0.15, -0.1) is 0 Å². The molecule has 1 aromatic carbocycles. The molecule has 5 nitrogen and oxygen atoms in total. The van der Waals surface area contributed by atoms with Gasteiger partial charge in [0.15, 0.2) is 0 Å². The summed E-state index contributed by atoms with van der Waals surface area (Å²) in [6.07, 6.45) is 2.62. The van der Waals surface area contributed by atoms with Crippen molar-refractivity contribution in [2.45, 2.75) is 37.2 Å². The molecule has 0 aliphatic carbocycles. The summed E-state index contributed by atoms with van der Waals surface area (Å²) < 4.78 is 19.1. The fourth-order valence-corrected chi connectivity index (χ4v) is 3.64. The maximum Gasteiger partial charge on any atom is 0.317 e. The SMILES string of the molecule is O=C(NCC1(c2cccc(F)c2)CCOCC1)N1CCCC(O)C1. The van der Waals surface area contributed by atoms with E-state index in [0.29, 0.717) is 32.8 Å². The van der Waals surface area contributed by atoms with Crippen LogP contribution in [0.5, 0.6) is 0 Å². The maximum absolute atomic E-state index is 13.7. The zero-order valence-corrected chi connectivity index (χ0v) is 13.8. The Balaban J connectivity index is 1.69. The number of hydrogen-bond donors (Lipinski definition) is 2. The van der Waals surface area contributed by atoms with E-state index in [1.165, 1.54) is 6.07 Å². The number of hydrogen-bond acceptors (Lipinski definition) is 3. The first-order valence-corrected chi connectivity index (χ1v) is 8.64. The number of piperidine rings is 1. The lowest BCUT2D eigenvalue weighted by atomic mass is 9.74. The molecule has 2 heterocycles. The summed E-state index contributed by atoms with van der Waals surface area (Å²) in [4.78, 5) is 14.1. The quantitative estimate of drug-likeness (QED) is 0.888. The van der Waals surface area contributed by atoms with Gasteiger partial charge >= 0.3 is 6.03 Å². The predicted octanol–water partition coefficient (Wildman–Crippen LogP) is 2.04. The Morgan fingerprint density at radius 1 is 1.42 bits per heavy atom. The number of ether oxygens (including phenoxy) is 1. The molecule has 2 aliphatic rings. The van der Waals surface area contributed by atoms with Gasteiger partial charge in [-0.25, -0.2) is 9.18 Å². The van der Waals surface area contributed by atoms with Crippen molar-refractivity contribution >= 4 is 6.03 Å². The highest BCUT2D eigenvalue weighted by molar-refractivity contribution is 5.74. The minimum absolute atomic E-state index is 0.156. The highest BCUT2D eigenvalue weighted by Gasteiger charge is 2.35. The molecule has 1 unspecified atom stereocenters. The van der Waals surface area contributed by atoms with E-state index in [2.05, 4.69) is 5.32 Å². The van der Waals surface area contributed by atoms with Gasteiger partial charge in [0.1, 0.15) is 5.82 Å². The molecule has 2 aliphatic heterocycles. The van der Waals surface area contributed by atoms with E-state index in [-0.39, 0.29) is 17.3 Å². The minimum Gasteiger partial charge on any atom is -0.391 e. The second kappa shape index (κ2) is 7.49. The van der Waals surface area contributed by atoms with Crippen LogP contribution in [0.1, 0.15) is 31.2 Å². The number of halogens is 1. The molecule has 2 saturated heterocycles. The van der Waals surface area contributed by atoms with Crippen LogP contribution < -0.4 is 5.32 Å². The van der Waals surface area contributed by atoms with Crippen molar-refractivity contribution in [2.75, 3.05) is 32.8 Å². The molecule has 2 fully saturated rings. The second-order valence-corrected chi connectivity index (χ2v) is 6.80. The second-order valence-electron chi connectivity index (χ2n) is 6.80. The number of benzene rings is 1. The Morgan fingerprint density at radius 2 is 2.21 bits per heavy atom. The third-order valence-corrected chi connectivity index (χ3v) is 5.15. The van der Waals surface area contributed by atoms with Gasteiger partial charge in [-0.3, -0.25) is 0 Å². The van der Waals surface area contributed by atoms with Crippen LogP contribution in [-0.2, 0) is 10.2 Å². The fourth-order valence-electron chi connectivity index (χ4n) is 3.64.